The number of nitrogens with two attached hydrogens (primary N) is 6. The van der Waals surface area contributed by atoms with Crippen molar-refractivity contribution in [3.8, 4) is 0 Å². The zero-order valence-electron chi connectivity index (χ0n) is 41.0. The predicted molar refractivity (Wildman–Crippen MR) is 273 cm³/mol. The van der Waals surface area contributed by atoms with Crippen molar-refractivity contribution in [2.75, 3.05) is 26.2 Å². The van der Waals surface area contributed by atoms with Crippen molar-refractivity contribution in [2.45, 2.75) is 126 Å². The number of rotatable bonds is 18. The third-order valence-electron chi connectivity index (χ3n) is 12.0. The number of guanidine groups is 2. The molecule has 2 heterocycles. The molecule has 73 heavy (non-hydrogen) atoms. The zero-order valence-corrected chi connectivity index (χ0v) is 41.0. The van der Waals surface area contributed by atoms with Crippen LogP contribution in [0.3, 0.4) is 0 Å². The van der Waals surface area contributed by atoms with E-state index in [0.717, 1.165) is 10.9 Å². The molecule has 2 unspecified atom stereocenters. The van der Waals surface area contributed by atoms with Gasteiger partial charge in [-0.1, -0.05) is 48.5 Å². The maximum absolute atomic E-state index is 14.5. The highest BCUT2D eigenvalue weighted by Crippen LogP contribution is 2.20. The average Bonchev–Trinajstić information content (AvgIpc) is 3.75. The third kappa shape index (κ3) is 20.0. The Kier molecular flexibility index (Phi) is 23.8. The van der Waals surface area contributed by atoms with Crippen LogP contribution in [0.25, 0.3) is 10.9 Å². The van der Waals surface area contributed by atoms with E-state index < -0.39 is 109 Å². The Hall–Kier alpha value is -7.39. The van der Waals surface area contributed by atoms with Gasteiger partial charge < -0.3 is 81.5 Å². The third-order valence-corrected chi connectivity index (χ3v) is 12.0. The maximum atomic E-state index is 14.5. The number of carbonyl (C=O) groups is 7. The first kappa shape index (κ1) is 58.2. The van der Waals surface area contributed by atoms with E-state index in [-0.39, 0.29) is 82.9 Å². The van der Waals surface area contributed by atoms with E-state index >= 15 is 0 Å². The molecule has 1 aliphatic heterocycles. The van der Waals surface area contributed by atoms with E-state index in [1.807, 2.05) is 24.3 Å². The molecule has 9 atom stereocenters. The number of benzene rings is 2. The summed E-state index contributed by atoms with van der Waals surface area (Å²) in [4.78, 5) is 107. The highest BCUT2D eigenvalue weighted by atomic mass is 16.3. The molecule has 26 nitrogen and oxygen atoms in total. The van der Waals surface area contributed by atoms with E-state index in [0.29, 0.717) is 17.5 Å². The number of hydrogen-bond acceptors (Lipinski definition) is 14. The number of aromatic nitrogens is 1. The second-order valence-corrected chi connectivity index (χ2v) is 17.8. The number of primary amides is 1. The maximum Gasteiger partial charge on any atom is 0.243 e. The van der Waals surface area contributed by atoms with Gasteiger partial charge in [-0.15, -0.1) is 0 Å². The second-order valence-electron chi connectivity index (χ2n) is 17.8. The molecule has 0 saturated carbocycles. The topological polar surface area (TPSA) is 453 Å². The van der Waals surface area contributed by atoms with Crippen LogP contribution in [-0.2, 0) is 46.4 Å². The van der Waals surface area contributed by atoms with Gasteiger partial charge in [0.05, 0.1) is 30.6 Å². The fourth-order valence-corrected chi connectivity index (χ4v) is 8.15. The molecule has 23 N–H and O–H groups in total. The van der Waals surface area contributed by atoms with Crippen molar-refractivity contribution < 1.29 is 43.8 Å². The lowest BCUT2D eigenvalue weighted by atomic mass is 10.0. The molecular weight excluding hydrogens is 947 g/mol. The molecule has 1 saturated heterocycles. The van der Waals surface area contributed by atoms with Crippen LogP contribution in [0.2, 0.25) is 0 Å². The van der Waals surface area contributed by atoms with Crippen LogP contribution in [0, 0.1) is 0 Å². The molecule has 4 rings (SSSR count). The summed E-state index contributed by atoms with van der Waals surface area (Å²) < 4.78 is 0. The minimum atomic E-state index is -1.74. The Bertz CT molecular complexity index is 2360. The molecule has 400 valence electrons. The minimum absolute atomic E-state index is 0.0339. The highest BCUT2D eigenvalue weighted by molar-refractivity contribution is 5.95. The average molecular weight is 1020 g/mol. The van der Waals surface area contributed by atoms with Gasteiger partial charge >= 0.3 is 0 Å². The molecule has 2 aromatic carbocycles. The number of aliphatic imine (C=N–C) groups is 2. The smallest absolute Gasteiger partial charge is 0.243 e. The van der Waals surface area contributed by atoms with Crippen molar-refractivity contribution in [1.82, 2.24) is 47.5 Å². The molecule has 1 fully saturated rings. The standard InChI is InChI=1S/C47H73N17O9/c1-26(65)58-32(16-9-19-55-46(50)51)40(68)63-36-23-38(66)54-18-8-7-15-31(39(49)67)59-43(71)35(22-28-25-57-30-14-6-5-13-29(28)30)62-41(69)33(17-10-20-56-47(52)53)60-42(70)34(21-27-11-3-2-4-12-27)61-45(73)37(24-48)64-44(36)72/h2-6,11-14,25,31-37,40,45,57,61,63,68,73H,7-10,15-24,48H2,1H3,(H2,49,67)(H,54,66)(H,58,65)(H,59,71)(H,60,70)(H,62,69)(H,64,72)(H4,50,51,55)(H4,52,53,56)/t31-,32-,33-,34+,35-,36-,37-,40?,45?/m0/s1. The molecule has 7 amide bonds. The van der Waals surface area contributed by atoms with Gasteiger partial charge in [0, 0.05) is 56.6 Å². The molecule has 0 radical (unpaired) electrons. The molecular formula is C47H73N17O9. The molecule has 1 aromatic heterocycles. The fourth-order valence-electron chi connectivity index (χ4n) is 8.15. The first-order valence-corrected chi connectivity index (χ1v) is 24.2. The van der Waals surface area contributed by atoms with Gasteiger partial charge in [-0.05, 0) is 68.6 Å². The first-order chi connectivity index (χ1) is 34.8. The van der Waals surface area contributed by atoms with Gasteiger partial charge in [0.1, 0.15) is 30.6 Å². The number of fused-ring (bicyclic) bond motifs is 1. The van der Waals surface area contributed by atoms with Gasteiger partial charge in [0.2, 0.25) is 41.4 Å². The second kappa shape index (κ2) is 29.8. The van der Waals surface area contributed by atoms with Crippen LogP contribution in [0.4, 0.5) is 0 Å². The number of aromatic amines is 1. The Morgan fingerprint density at radius 3 is 2.10 bits per heavy atom. The van der Waals surface area contributed by atoms with E-state index in [9.17, 15) is 43.8 Å². The molecule has 26 heteroatoms. The number of carbonyl (C=O) groups excluding carboxylic acids is 7. The van der Waals surface area contributed by atoms with Gasteiger partial charge in [0.15, 0.2) is 11.9 Å². The number of nitrogens with zero attached hydrogens (tertiary/aromatic N) is 2. The predicted octanol–water partition coefficient (Wildman–Crippen LogP) is -4.81. The van der Waals surface area contributed by atoms with Gasteiger partial charge in [-0.25, -0.2) is 0 Å². The molecule has 0 bridgehead atoms. The number of aliphatic hydroxyl groups is 2. The van der Waals surface area contributed by atoms with Crippen molar-refractivity contribution in [3.63, 3.8) is 0 Å². The SMILES string of the molecule is CC(=O)N[C@@H](CCCN=C(N)N)C(O)N[C@H]1CC(=O)NCCCC[C@@H](C(N)=O)NC(=O)[C@H](Cc2c[nH]c3ccccc23)NC(=O)[C@H](CCCN=C(N)N)NC(=O)[C@@H](Cc2ccccc2)NC(O)[C@H](CN)NC1=O. The van der Waals surface area contributed by atoms with Gasteiger partial charge in [-0.2, -0.15) is 0 Å². The number of H-pyrrole nitrogens is 1. The first-order valence-electron chi connectivity index (χ1n) is 24.2. The molecule has 0 aliphatic carbocycles. The van der Waals surface area contributed by atoms with Crippen LogP contribution >= 0.6 is 0 Å². The Balaban J connectivity index is 1.73. The van der Waals surface area contributed by atoms with Crippen LogP contribution < -0.4 is 76.9 Å². The number of nitrogens with one attached hydrogen (secondary N) is 9. The van der Waals surface area contributed by atoms with Gasteiger partial charge in [0.25, 0.3) is 0 Å². The summed E-state index contributed by atoms with van der Waals surface area (Å²) in [6.07, 6.45) is -1.13. The lowest BCUT2D eigenvalue weighted by Crippen LogP contribution is -2.63. The van der Waals surface area contributed by atoms with Crippen LogP contribution in [0.1, 0.15) is 69.4 Å². The van der Waals surface area contributed by atoms with Gasteiger partial charge in [-0.3, -0.25) is 54.2 Å². The van der Waals surface area contributed by atoms with E-state index in [1.165, 1.54) is 6.92 Å². The van der Waals surface area contributed by atoms with E-state index in [2.05, 4.69) is 57.5 Å². The van der Waals surface area contributed by atoms with Crippen molar-refractivity contribution in [3.05, 3.63) is 71.9 Å². The Labute approximate surface area is 422 Å². The molecule has 1 aliphatic rings. The lowest BCUT2D eigenvalue weighted by Gasteiger charge is -2.32. The van der Waals surface area contributed by atoms with Crippen molar-refractivity contribution >= 4 is 64.2 Å². The summed E-state index contributed by atoms with van der Waals surface area (Å²) in [5.74, 6) is -5.54. The largest absolute Gasteiger partial charge is 0.376 e. The Morgan fingerprint density at radius 2 is 1.42 bits per heavy atom. The number of amides is 7. The lowest BCUT2D eigenvalue weighted by molar-refractivity contribution is -0.134. The van der Waals surface area contributed by atoms with Crippen molar-refractivity contribution in [2.24, 2.45) is 44.4 Å². The van der Waals surface area contributed by atoms with Crippen LogP contribution in [-0.4, -0.2) is 149 Å². The van der Waals surface area contributed by atoms with Crippen molar-refractivity contribution in [1.29, 1.82) is 0 Å². The summed E-state index contributed by atoms with van der Waals surface area (Å²) >= 11 is 0. The highest BCUT2D eigenvalue weighted by Gasteiger charge is 2.35. The van der Waals surface area contributed by atoms with E-state index in [1.54, 1.807) is 36.5 Å². The molecule has 3 aromatic rings. The summed E-state index contributed by atoms with van der Waals surface area (Å²) in [5, 5.41) is 45.6. The summed E-state index contributed by atoms with van der Waals surface area (Å²) in [5.41, 5.74) is 36.0. The Morgan fingerprint density at radius 1 is 0.781 bits per heavy atom. The van der Waals surface area contributed by atoms with Crippen LogP contribution in [0.15, 0.2) is 70.8 Å². The number of aliphatic hydroxyl groups excluding tert-OH is 2. The quantitative estimate of drug-likeness (QED) is 0.0246. The van der Waals surface area contributed by atoms with E-state index in [4.69, 9.17) is 34.4 Å². The number of para-hydroxylation sites is 1. The summed E-state index contributed by atoms with van der Waals surface area (Å²) in [6.45, 7) is 1.12. The molecule has 0 spiro atoms. The minimum Gasteiger partial charge on any atom is -0.376 e. The van der Waals surface area contributed by atoms with Crippen LogP contribution in [0.5, 0.6) is 0 Å². The summed E-state index contributed by atoms with van der Waals surface area (Å²) in [7, 11) is 0. The fraction of sp³-hybridized carbons (Fsp3) is 0.511. The monoisotopic (exact) mass is 1020 g/mol. The number of hydrogen-bond donors (Lipinski definition) is 17. The zero-order chi connectivity index (χ0) is 53.5. The summed E-state index contributed by atoms with van der Waals surface area (Å²) in [6, 6.07) is 7.11. The normalized spacial score (nSPS) is 23.0.